The van der Waals surface area contributed by atoms with Crippen LogP contribution in [0.25, 0.3) is 5.70 Å². The molecule has 1 aliphatic rings. The fourth-order valence-electron chi connectivity index (χ4n) is 2.07. The second kappa shape index (κ2) is 6.47. The summed E-state index contributed by atoms with van der Waals surface area (Å²) in [5.41, 5.74) is 1.46. The second-order valence-electron chi connectivity index (χ2n) is 4.51. The molecule has 1 fully saturated rings. The fraction of sp³-hybridized carbons (Fsp3) is 0.143. The van der Waals surface area contributed by atoms with E-state index in [1.165, 1.54) is 17.1 Å². The van der Waals surface area contributed by atoms with Gasteiger partial charge in [-0.25, -0.2) is 4.73 Å². The Morgan fingerprint density at radius 1 is 1.45 bits per heavy atom. The van der Waals surface area contributed by atoms with Crippen LogP contribution in [0.2, 0.25) is 10.0 Å². The molecule has 1 aromatic carbocycles. The summed E-state index contributed by atoms with van der Waals surface area (Å²) in [6.45, 7) is 0. The lowest BCUT2D eigenvalue weighted by Gasteiger charge is -2.10. The Kier molecular flexibility index (Phi) is 4.59. The minimum absolute atomic E-state index is 0.156. The van der Waals surface area contributed by atoms with E-state index in [-0.39, 0.29) is 5.25 Å². The molecule has 0 unspecified atom stereocenters. The highest BCUT2D eigenvalue weighted by Gasteiger charge is 2.29. The molecule has 1 saturated heterocycles. The number of allylic oxidation sites excluding steroid dienone is 1. The third-order valence-electron chi connectivity index (χ3n) is 3.09. The Hall–Kier alpha value is -1.26. The molecule has 1 atom stereocenters. The lowest BCUT2D eigenvalue weighted by molar-refractivity contribution is -0.604. The molecule has 3 rings (SSSR count). The van der Waals surface area contributed by atoms with Crippen molar-refractivity contribution in [2.45, 2.75) is 5.25 Å². The van der Waals surface area contributed by atoms with E-state index < -0.39 is 0 Å². The van der Waals surface area contributed by atoms with Crippen molar-refractivity contribution in [3.63, 3.8) is 0 Å². The average molecular weight is 370 g/mol. The first-order valence-corrected chi connectivity index (χ1v) is 8.86. The smallest absolute Gasteiger partial charge is 0.252 e. The van der Waals surface area contributed by atoms with Gasteiger partial charge in [-0.05, 0) is 17.7 Å². The molecule has 0 spiro atoms. The van der Waals surface area contributed by atoms with Crippen LogP contribution in [0.5, 0.6) is 0 Å². The number of imidazole rings is 1. The SMILES string of the molecule is N#C/C(=C1/SC[C@@H](c2ccc(Cl)cc2Cl)S1)n1cc[n+]([O-])c1. The summed E-state index contributed by atoms with van der Waals surface area (Å²) >= 11 is 15.3. The number of nitrogens with zero attached hydrogens (tertiary/aromatic N) is 3. The van der Waals surface area contributed by atoms with Gasteiger partial charge in [-0.3, -0.25) is 0 Å². The molecular weight excluding hydrogens is 361 g/mol. The van der Waals surface area contributed by atoms with Crippen LogP contribution in [0.15, 0.2) is 41.2 Å². The first-order chi connectivity index (χ1) is 10.6. The van der Waals surface area contributed by atoms with Gasteiger partial charge in [0.05, 0.1) is 4.24 Å². The van der Waals surface area contributed by atoms with Crippen molar-refractivity contribution < 1.29 is 4.73 Å². The molecule has 112 valence electrons. The highest BCUT2D eigenvalue weighted by molar-refractivity contribution is 8.25. The maximum atomic E-state index is 11.2. The zero-order valence-corrected chi connectivity index (χ0v) is 14.2. The van der Waals surface area contributed by atoms with Gasteiger partial charge < -0.3 is 5.21 Å². The van der Waals surface area contributed by atoms with Gasteiger partial charge in [0.2, 0.25) is 5.70 Å². The van der Waals surface area contributed by atoms with Gasteiger partial charge >= 0.3 is 0 Å². The van der Waals surface area contributed by atoms with E-state index in [0.717, 1.165) is 15.6 Å². The summed E-state index contributed by atoms with van der Waals surface area (Å²) in [4.78, 5) is 0. The number of hydrogen-bond acceptors (Lipinski definition) is 4. The van der Waals surface area contributed by atoms with Crippen molar-refractivity contribution in [3.8, 4) is 6.07 Å². The third-order valence-corrected chi connectivity index (χ3v) is 6.58. The molecule has 1 aliphatic heterocycles. The number of benzene rings is 1. The zero-order valence-electron chi connectivity index (χ0n) is 11.1. The van der Waals surface area contributed by atoms with E-state index in [0.29, 0.717) is 20.5 Å². The standard InChI is InChI=1S/C14H9Cl2N3OS2/c15-9-1-2-10(11(16)5-9)13-7-21-14(22-13)12(6-17)18-3-4-19(20)8-18/h1-5,8,13H,7H2/b14-12+/t13-/m0/s1. The van der Waals surface area contributed by atoms with Gasteiger partial charge in [-0.15, -0.1) is 23.5 Å². The molecule has 2 aromatic rings. The van der Waals surface area contributed by atoms with Crippen LogP contribution in [0.3, 0.4) is 0 Å². The monoisotopic (exact) mass is 369 g/mol. The van der Waals surface area contributed by atoms with Crippen LogP contribution < -0.4 is 4.73 Å². The van der Waals surface area contributed by atoms with Crippen LogP contribution in [-0.4, -0.2) is 10.3 Å². The Labute approximate surface area is 145 Å². The Bertz CT molecular complexity index is 798. The van der Waals surface area contributed by atoms with Crippen molar-refractivity contribution in [3.05, 3.63) is 62.0 Å². The maximum absolute atomic E-state index is 11.2. The Morgan fingerprint density at radius 3 is 2.91 bits per heavy atom. The minimum atomic E-state index is 0.156. The zero-order chi connectivity index (χ0) is 15.7. The molecule has 8 heteroatoms. The third kappa shape index (κ3) is 3.08. The summed E-state index contributed by atoms with van der Waals surface area (Å²) in [7, 11) is 0. The van der Waals surface area contributed by atoms with E-state index in [9.17, 15) is 10.5 Å². The predicted octanol–water partition coefficient (Wildman–Crippen LogP) is 4.30. The van der Waals surface area contributed by atoms with Crippen LogP contribution in [0.4, 0.5) is 0 Å². The van der Waals surface area contributed by atoms with Crippen LogP contribution in [0, 0.1) is 16.5 Å². The van der Waals surface area contributed by atoms with Crippen molar-refractivity contribution in [1.29, 1.82) is 5.26 Å². The van der Waals surface area contributed by atoms with Gasteiger partial charge in [0.25, 0.3) is 6.33 Å². The van der Waals surface area contributed by atoms with E-state index in [4.69, 9.17) is 23.2 Å². The Morgan fingerprint density at radius 2 is 2.27 bits per heavy atom. The quantitative estimate of drug-likeness (QED) is 0.449. The predicted molar refractivity (Wildman–Crippen MR) is 91.5 cm³/mol. The number of rotatable bonds is 2. The lowest BCUT2D eigenvalue weighted by atomic mass is 10.2. The molecule has 0 saturated carbocycles. The van der Waals surface area contributed by atoms with Crippen LogP contribution in [-0.2, 0) is 0 Å². The Balaban J connectivity index is 1.90. The number of thioether (sulfide) groups is 2. The summed E-state index contributed by atoms with van der Waals surface area (Å²) in [6, 6.07) is 7.62. The molecule has 1 aromatic heterocycles. The first-order valence-electron chi connectivity index (χ1n) is 6.24. The maximum Gasteiger partial charge on any atom is 0.252 e. The molecule has 0 N–H and O–H groups in total. The minimum Gasteiger partial charge on any atom is -0.711 e. The molecule has 0 amide bonds. The highest BCUT2D eigenvalue weighted by atomic mass is 35.5. The molecule has 22 heavy (non-hydrogen) atoms. The second-order valence-corrected chi connectivity index (χ2v) is 7.86. The summed E-state index contributed by atoms with van der Waals surface area (Å²) in [5.74, 6) is 0.811. The largest absolute Gasteiger partial charge is 0.711 e. The molecule has 0 aliphatic carbocycles. The van der Waals surface area contributed by atoms with Crippen molar-refractivity contribution >= 4 is 52.4 Å². The highest BCUT2D eigenvalue weighted by Crippen LogP contribution is 2.53. The van der Waals surface area contributed by atoms with Crippen LogP contribution in [0.1, 0.15) is 10.8 Å². The summed E-state index contributed by atoms with van der Waals surface area (Å²) in [6.07, 6.45) is 4.26. The van der Waals surface area contributed by atoms with Crippen molar-refractivity contribution in [2.75, 3.05) is 5.75 Å². The molecule has 0 bridgehead atoms. The van der Waals surface area contributed by atoms with Gasteiger partial charge in [0.15, 0.2) is 0 Å². The van der Waals surface area contributed by atoms with E-state index in [1.54, 1.807) is 35.8 Å². The summed E-state index contributed by atoms with van der Waals surface area (Å²) < 4.78 is 3.08. The van der Waals surface area contributed by atoms with Gasteiger partial charge in [-0.1, -0.05) is 29.3 Å². The van der Waals surface area contributed by atoms with E-state index in [1.807, 2.05) is 12.1 Å². The number of halogens is 2. The van der Waals surface area contributed by atoms with Gasteiger partial charge in [0.1, 0.15) is 18.5 Å². The molecular formula is C14H9Cl2N3OS2. The van der Waals surface area contributed by atoms with E-state index >= 15 is 0 Å². The van der Waals surface area contributed by atoms with Crippen LogP contribution >= 0.6 is 46.7 Å². The summed E-state index contributed by atoms with van der Waals surface area (Å²) in [5, 5.41) is 22.0. The van der Waals surface area contributed by atoms with Crippen molar-refractivity contribution in [2.24, 2.45) is 0 Å². The lowest BCUT2D eigenvalue weighted by Crippen LogP contribution is -2.21. The molecule has 0 radical (unpaired) electrons. The number of nitriles is 1. The average Bonchev–Trinajstić information content (AvgIpc) is 3.10. The van der Waals surface area contributed by atoms with Gasteiger partial charge in [-0.2, -0.15) is 9.83 Å². The number of aromatic nitrogens is 2. The molecule has 4 nitrogen and oxygen atoms in total. The fourth-order valence-corrected chi connectivity index (χ4v) is 5.60. The number of hydrogen-bond donors (Lipinski definition) is 0. The van der Waals surface area contributed by atoms with Gasteiger partial charge in [0, 0.05) is 21.0 Å². The first kappa shape index (κ1) is 15.6. The topological polar surface area (TPSA) is 55.7 Å². The molecule has 2 heterocycles. The normalized spacial score (nSPS) is 20.0. The van der Waals surface area contributed by atoms with Crippen molar-refractivity contribution in [1.82, 2.24) is 4.57 Å². The van der Waals surface area contributed by atoms with E-state index in [2.05, 4.69) is 6.07 Å².